The first-order valence-corrected chi connectivity index (χ1v) is 22.7. The first-order valence-electron chi connectivity index (χ1n) is 22.7. The molecule has 0 atom stereocenters. The van der Waals surface area contributed by atoms with Crippen LogP contribution in [0.15, 0.2) is 0 Å². The van der Waals surface area contributed by atoms with Gasteiger partial charge in [-0.15, -0.1) is 0 Å². The minimum atomic E-state index is 0.374. The van der Waals surface area contributed by atoms with Gasteiger partial charge in [-0.3, -0.25) is 0 Å². The molecule has 0 aromatic rings. The van der Waals surface area contributed by atoms with Crippen LogP contribution in [0.2, 0.25) is 0 Å². The Bertz CT molecular complexity index is 601. The molecule has 0 bridgehead atoms. The molecule has 1 heteroatoms. The molecule has 0 heterocycles. The zero-order valence-corrected chi connectivity index (χ0v) is 35.6. The zero-order chi connectivity index (χ0) is 35.8. The van der Waals surface area contributed by atoms with Crippen LogP contribution in [0, 0.1) is 16.7 Å². The van der Waals surface area contributed by atoms with Gasteiger partial charge in [0.15, 0.2) is 0 Å². The van der Waals surface area contributed by atoms with Crippen LogP contribution in [0.25, 0.3) is 0 Å². The molecule has 0 aliphatic heterocycles. The van der Waals surface area contributed by atoms with Crippen molar-refractivity contribution in [2.24, 2.45) is 16.7 Å². The number of hydrogen-bond donors (Lipinski definition) is 0. The van der Waals surface area contributed by atoms with E-state index in [1.165, 1.54) is 218 Å². The quantitative estimate of drug-likeness (QED) is 0.0589. The summed E-state index contributed by atoms with van der Waals surface area (Å²) < 4.78 is 0. The van der Waals surface area contributed by atoms with Gasteiger partial charge in [-0.1, -0.05) is 242 Å². The fourth-order valence-electron chi connectivity index (χ4n) is 8.66. The molecule has 0 aromatic heterocycles. The normalized spacial score (nSPS) is 12.8. The molecule has 290 valence electrons. The van der Waals surface area contributed by atoms with Gasteiger partial charge in [-0.25, -0.2) is 0 Å². The van der Waals surface area contributed by atoms with Gasteiger partial charge in [0.2, 0.25) is 0 Å². The summed E-state index contributed by atoms with van der Waals surface area (Å²) in [6, 6.07) is 0.776. The van der Waals surface area contributed by atoms with Gasteiger partial charge < -0.3 is 4.90 Å². The van der Waals surface area contributed by atoms with Crippen LogP contribution >= 0.6 is 0 Å². The van der Waals surface area contributed by atoms with Crippen molar-refractivity contribution in [3.63, 3.8) is 0 Å². The molecule has 0 amide bonds. The van der Waals surface area contributed by atoms with Gasteiger partial charge in [-0.2, -0.15) is 0 Å². The maximum absolute atomic E-state index is 2.81. The van der Waals surface area contributed by atoms with Crippen molar-refractivity contribution in [1.29, 1.82) is 0 Å². The molecule has 0 rings (SSSR count). The Balaban J connectivity index is 4.44. The fraction of sp³-hybridized carbons (Fsp3) is 1.00. The van der Waals surface area contributed by atoms with Crippen molar-refractivity contribution in [3.8, 4) is 0 Å². The molecular weight excluding hydrogens is 579 g/mol. The number of nitrogens with zero attached hydrogens (tertiary/aromatic N) is 1. The first kappa shape index (κ1) is 48.0. The fourth-order valence-corrected chi connectivity index (χ4v) is 8.66. The minimum Gasteiger partial charge on any atom is -0.303 e. The van der Waals surface area contributed by atoms with Crippen LogP contribution in [-0.2, 0) is 0 Å². The Labute approximate surface area is 307 Å². The summed E-state index contributed by atoms with van der Waals surface area (Å²) in [7, 11) is 2.47. The molecule has 0 spiro atoms. The Hall–Kier alpha value is -0.0400. The summed E-state index contributed by atoms with van der Waals surface area (Å²) in [4.78, 5) is 2.81. The predicted molar refractivity (Wildman–Crippen MR) is 223 cm³/mol. The highest BCUT2D eigenvalue weighted by molar-refractivity contribution is 4.84. The lowest BCUT2D eigenvalue weighted by Gasteiger charge is -2.40. The summed E-state index contributed by atoms with van der Waals surface area (Å²) in [6.07, 6.45) is 47.7. The molecule has 0 fully saturated rings. The second-order valence-corrected chi connectivity index (χ2v) is 18.8. The lowest BCUT2D eigenvalue weighted by molar-refractivity contribution is 0.0967. The summed E-state index contributed by atoms with van der Waals surface area (Å²) in [5.41, 5.74) is 0.811. The molecule has 0 saturated carbocycles. The third-order valence-corrected chi connectivity index (χ3v) is 11.4. The van der Waals surface area contributed by atoms with E-state index < -0.39 is 0 Å². The van der Waals surface area contributed by atoms with Crippen molar-refractivity contribution in [2.45, 2.75) is 273 Å². The maximum Gasteiger partial charge on any atom is 0.00924 e. The molecule has 1 nitrogen and oxygen atoms in total. The largest absolute Gasteiger partial charge is 0.303 e. The lowest BCUT2D eigenvalue weighted by atomic mass is 9.72. The third kappa shape index (κ3) is 33.1. The Morgan fingerprint density at radius 2 is 0.688 bits per heavy atom. The SMILES string of the molecule is CCCCCCCCCCCCCCCCC(CCCCCCCCCCCCCCCC)N(C)CC(C)(C)CC(C)(C)CCC(C)C. The average Bonchev–Trinajstić information content (AvgIpc) is 3.02. The minimum absolute atomic E-state index is 0.374. The average molecular weight is 676 g/mol. The molecule has 0 saturated heterocycles. The van der Waals surface area contributed by atoms with Gasteiger partial charge in [0.1, 0.15) is 0 Å². The highest BCUT2D eigenvalue weighted by atomic mass is 15.1. The van der Waals surface area contributed by atoms with E-state index in [4.69, 9.17) is 0 Å². The molecule has 0 radical (unpaired) electrons. The molecule has 48 heavy (non-hydrogen) atoms. The van der Waals surface area contributed by atoms with Crippen molar-refractivity contribution in [3.05, 3.63) is 0 Å². The molecule has 0 unspecified atom stereocenters. The van der Waals surface area contributed by atoms with Crippen molar-refractivity contribution < 1.29 is 0 Å². The highest BCUT2D eigenvalue weighted by Crippen LogP contribution is 2.39. The van der Waals surface area contributed by atoms with Crippen LogP contribution < -0.4 is 0 Å². The Morgan fingerprint density at radius 1 is 0.396 bits per heavy atom. The van der Waals surface area contributed by atoms with Crippen LogP contribution in [0.5, 0.6) is 0 Å². The van der Waals surface area contributed by atoms with Gasteiger partial charge >= 0.3 is 0 Å². The number of rotatable bonds is 38. The summed E-state index contributed by atoms with van der Waals surface area (Å²) in [6.45, 7) is 20.8. The summed E-state index contributed by atoms with van der Waals surface area (Å²) in [5.74, 6) is 0.814. The zero-order valence-electron chi connectivity index (χ0n) is 35.6. The standard InChI is InChI=1S/C47H97N/c1-10-12-14-16-18-20-22-24-26-28-30-32-34-36-38-45(48(9)43-47(7,8)42-46(5,6)41-40-44(3)4)39-37-35-33-31-29-27-25-23-21-19-17-15-13-11-2/h44-45H,10-43H2,1-9H3. The van der Waals surface area contributed by atoms with Crippen LogP contribution in [0.4, 0.5) is 0 Å². The molecule has 0 aliphatic rings. The topological polar surface area (TPSA) is 3.24 Å². The van der Waals surface area contributed by atoms with E-state index >= 15 is 0 Å². The van der Waals surface area contributed by atoms with E-state index in [9.17, 15) is 0 Å². The highest BCUT2D eigenvalue weighted by Gasteiger charge is 2.31. The van der Waals surface area contributed by atoms with Crippen LogP contribution in [-0.4, -0.2) is 24.5 Å². The van der Waals surface area contributed by atoms with Gasteiger partial charge in [0, 0.05) is 12.6 Å². The van der Waals surface area contributed by atoms with Crippen molar-refractivity contribution in [2.75, 3.05) is 13.6 Å². The van der Waals surface area contributed by atoms with Crippen LogP contribution in [0.3, 0.4) is 0 Å². The Kier molecular flexibility index (Phi) is 32.8. The van der Waals surface area contributed by atoms with E-state index in [0.29, 0.717) is 10.8 Å². The number of hydrogen-bond acceptors (Lipinski definition) is 1. The summed E-state index contributed by atoms with van der Waals surface area (Å²) >= 11 is 0. The molecule has 0 aliphatic carbocycles. The second kappa shape index (κ2) is 32.8. The molecule has 0 N–H and O–H groups in total. The number of unbranched alkanes of at least 4 members (excludes halogenated alkanes) is 26. The smallest absolute Gasteiger partial charge is 0.00924 e. The van der Waals surface area contributed by atoms with Gasteiger partial charge in [0.05, 0.1) is 0 Å². The Morgan fingerprint density at radius 3 is 0.979 bits per heavy atom. The van der Waals surface area contributed by atoms with E-state index in [0.717, 1.165) is 12.0 Å². The predicted octanol–water partition coefficient (Wildman–Crippen LogP) is 16.9. The van der Waals surface area contributed by atoms with E-state index in [2.05, 4.69) is 67.3 Å². The summed E-state index contributed by atoms with van der Waals surface area (Å²) in [5, 5.41) is 0. The third-order valence-electron chi connectivity index (χ3n) is 11.4. The molecule has 0 aromatic carbocycles. The van der Waals surface area contributed by atoms with Crippen LogP contribution in [0.1, 0.15) is 267 Å². The maximum atomic E-state index is 2.81. The van der Waals surface area contributed by atoms with Crippen molar-refractivity contribution in [1.82, 2.24) is 4.90 Å². The van der Waals surface area contributed by atoms with Gasteiger partial charge in [-0.05, 0) is 49.5 Å². The molecular formula is C47H97N. The van der Waals surface area contributed by atoms with E-state index in [-0.39, 0.29) is 0 Å². The van der Waals surface area contributed by atoms with Crippen molar-refractivity contribution >= 4 is 0 Å². The lowest BCUT2D eigenvalue weighted by Crippen LogP contribution is -2.40. The van der Waals surface area contributed by atoms with E-state index in [1.807, 2.05) is 0 Å². The second-order valence-electron chi connectivity index (χ2n) is 18.8. The van der Waals surface area contributed by atoms with Gasteiger partial charge in [0.25, 0.3) is 0 Å². The van der Waals surface area contributed by atoms with E-state index in [1.54, 1.807) is 0 Å². The first-order chi connectivity index (χ1) is 23.0. The monoisotopic (exact) mass is 676 g/mol.